The van der Waals surface area contributed by atoms with E-state index in [1.165, 1.54) is 52.5 Å². The summed E-state index contributed by atoms with van der Waals surface area (Å²) < 4.78 is 17.5. The van der Waals surface area contributed by atoms with Crippen molar-refractivity contribution in [2.45, 2.75) is 33.5 Å². The molecule has 0 radical (unpaired) electrons. The Balaban J connectivity index is 1.66. The summed E-state index contributed by atoms with van der Waals surface area (Å²) in [7, 11) is 0. The van der Waals surface area contributed by atoms with E-state index in [9.17, 15) is 0 Å². The molecule has 0 bridgehead atoms. The van der Waals surface area contributed by atoms with Gasteiger partial charge in [0.15, 0.2) is 0 Å². The van der Waals surface area contributed by atoms with E-state index in [4.69, 9.17) is 9.47 Å². The maximum atomic E-state index is 6.70. The molecule has 3 heterocycles. The number of hydrogen-bond donors (Lipinski definition) is 0. The van der Waals surface area contributed by atoms with Crippen molar-refractivity contribution in [1.29, 1.82) is 0 Å². The number of rotatable bonds is 1. The van der Waals surface area contributed by atoms with Crippen LogP contribution >= 0.6 is 0 Å². The SMILES string of the molecule is Cc1ccc(N2c3ccc(C)c4[c]3[Ge]3([CH3])[c]5c(cc(C)cc5Oc5c(C)ccc2[c]53)O4)cc1. The number of anilines is 3. The summed E-state index contributed by atoms with van der Waals surface area (Å²) >= 11 is -3.07. The van der Waals surface area contributed by atoms with Gasteiger partial charge in [-0.25, -0.2) is 0 Å². The van der Waals surface area contributed by atoms with Crippen LogP contribution in [-0.2, 0) is 0 Å². The third-order valence-corrected chi connectivity index (χ3v) is 16.9. The van der Waals surface area contributed by atoms with Crippen LogP contribution in [-0.4, -0.2) is 13.3 Å². The van der Waals surface area contributed by atoms with Crippen molar-refractivity contribution < 1.29 is 9.47 Å². The third-order valence-electron chi connectivity index (χ3n) is 7.57. The third kappa shape index (κ3) is 2.31. The fourth-order valence-corrected chi connectivity index (χ4v) is 16.1. The normalized spacial score (nSPS) is 15.5. The summed E-state index contributed by atoms with van der Waals surface area (Å²) in [5.41, 5.74) is 8.50. The standard InChI is InChI=1S/C29H25GeNO2/c1-16-6-10-20(11-7-16)31-21-12-8-18(3)28-25(21)30(5)26-22(31)13-9-19(4)29(26)33-24-15-17(2)14-23(32-28)27(24)30/h6-15H,1-5H3. The van der Waals surface area contributed by atoms with Crippen molar-refractivity contribution in [3.63, 3.8) is 0 Å². The Morgan fingerprint density at radius 3 is 1.64 bits per heavy atom. The Morgan fingerprint density at radius 2 is 1.12 bits per heavy atom. The van der Waals surface area contributed by atoms with E-state index >= 15 is 0 Å². The molecule has 3 aliphatic rings. The van der Waals surface area contributed by atoms with Gasteiger partial charge in [-0.2, -0.15) is 0 Å². The quantitative estimate of drug-likeness (QED) is 0.268. The Labute approximate surface area is 196 Å². The van der Waals surface area contributed by atoms with Gasteiger partial charge in [0.05, 0.1) is 0 Å². The summed E-state index contributed by atoms with van der Waals surface area (Å²) in [4.78, 5) is 2.42. The van der Waals surface area contributed by atoms with Crippen molar-refractivity contribution >= 4 is 43.5 Å². The fraction of sp³-hybridized carbons (Fsp3) is 0.172. The molecule has 0 saturated heterocycles. The predicted octanol–water partition coefficient (Wildman–Crippen LogP) is 6.01. The first-order valence-electron chi connectivity index (χ1n) is 11.5. The van der Waals surface area contributed by atoms with Gasteiger partial charge in [0, 0.05) is 0 Å². The van der Waals surface area contributed by atoms with E-state index in [1.54, 1.807) is 0 Å². The van der Waals surface area contributed by atoms with Gasteiger partial charge in [-0.15, -0.1) is 0 Å². The summed E-state index contributed by atoms with van der Waals surface area (Å²) in [6.45, 7) is 8.60. The molecule has 0 N–H and O–H groups in total. The van der Waals surface area contributed by atoms with E-state index in [0.29, 0.717) is 0 Å². The molecule has 0 amide bonds. The zero-order valence-electron chi connectivity index (χ0n) is 19.5. The zero-order chi connectivity index (χ0) is 22.6. The molecular weight excluding hydrogens is 467 g/mol. The van der Waals surface area contributed by atoms with Crippen LogP contribution in [0.2, 0.25) is 5.76 Å². The van der Waals surface area contributed by atoms with Crippen LogP contribution in [0, 0.1) is 27.7 Å². The molecule has 3 aliphatic heterocycles. The van der Waals surface area contributed by atoms with E-state index in [2.05, 4.69) is 99.0 Å². The van der Waals surface area contributed by atoms with Crippen LogP contribution in [0.3, 0.4) is 0 Å². The summed E-state index contributed by atoms with van der Waals surface area (Å²) in [5.74, 6) is 6.62. The molecule has 0 unspecified atom stereocenters. The molecule has 162 valence electrons. The van der Waals surface area contributed by atoms with Gasteiger partial charge in [-0.05, 0) is 0 Å². The van der Waals surface area contributed by atoms with Crippen LogP contribution in [0.15, 0.2) is 60.7 Å². The molecule has 0 aromatic heterocycles. The van der Waals surface area contributed by atoms with Crippen LogP contribution < -0.4 is 27.6 Å². The van der Waals surface area contributed by atoms with Crippen LogP contribution in [0.25, 0.3) is 0 Å². The summed E-state index contributed by atoms with van der Waals surface area (Å²) in [5, 5.41) is 0. The first-order valence-corrected chi connectivity index (χ1v) is 16.8. The average Bonchev–Trinajstić information content (AvgIpc) is 2.78. The zero-order valence-corrected chi connectivity index (χ0v) is 21.6. The maximum absolute atomic E-state index is 6.70. The number of hydrogen-bond acceptors (Lipinski definition) is 3. The minimum absolute atomic E-state index is 0.988. The van der Waals surface area contributed by atoms with Gasteiger partial charge in [0.25, 0.3) is 0 Å². The van der Waals surface area contributed by atoms with Gasteiger partial charge in [0.1, 0.15) is 0 Å². The molecule has 0 spiro atoms. The molecular formula is C29H25GeNO2. The second-order valence-electron chi connectivity index (χ2n) is 9.85. The molecule has 0 aliphatic carbocycles. The van der Waals surface area contributed by atoms with Gasteiger partial charge >= 0.3 is 197 Å². The van der Waals surface area contributed by atoms with Crippen molar-refractivity contribution in [1.82, 2.24) is 0 Å². The molecule has 0 saturated carbocycles. The number of benzene rings is 4. The summed E-state index contributed by atoms with van der Waals surface area (Å²) in [6, 6.07) is 22.2. The molecule has 0 atom stereocenters. The summed E-state index contributed by atoms with van der Waals surface area (Å²) in [6.07, 6.45) is 0. The molecule has 4 aromatic carbocycles. The molecule has 3 nitrogen and oxygen atoms in total. The first kappa shape index (κ1) is 19.3. The second-order valence-corrected chi connectivity index (χ2v) is 17.7. The predicted molar refractivity (Wildman–Crippen MR) is 137 cm³/mol. The van der Waals surface area contributed by atoms with Crippen LogP contribution in [0.1, 0.15) is 22.3 Å². The van der Waals surface area contributed by atoms with Crippen LogP contribution in [0.4, 0.5) is 17.1 Å². The van der Waals surface area contributed by atoms with E-state index in [-0.39, 0.29) is 0 Å². The van der Waals surface area contributed by atoms with Crippen molar-refractivity contribution in [3.8, 4) is 23.0 Å². The van der Waals surface area contributed by atoms with Crippen molar-refractivity contribution in [2.24, 2.45) is 0 Å². The topological polar surface area (TPSA) is 21.7 Å². The van der Waals surface area contributed by atoms with Gasteiger partial charge < -0.3 is 0 Å². The van der Waals surface area contributed by atoms with E-state index in [0.717, 1.165) is 23.0 Å². The van der Waals surface area contributed by atoms with Crippen molar-refractivity contribution in [2.75, 3.05) is 4.90 Å². The number of aryl methyl sites for hydroxylation is 4. The Morgan fingerprint density at radius 1 is 0.606 bits per heavy atom. The number of nitrogens with zero attached hydrogens (tertiary/aromatic N) is 1. The molecule has 4 heteroatoms. The molecule has 4 aromatic rings. The monoisotopic (exact) mass is 493 g/mol. The van der Waals surface area contributed by atoms with Crippen molar-refractivity contribution in [3.05, 3.63) is 82.9 Å². The fourth-order valence-electron chi connectivity index (χ4n) is 6.03. The van der Waals surface area contributed by atoms with Gasteiger partial charge in [-0.3, -0.25) is 0 Å². The molecule has 0 fully saturated rings. The Kier molecular flexibility index (Phi) is 3.65. The Bertz CT molecular complexity index is 1440. The minimum atomic E-state index is -3.07. The number of ether oxygens (including phenoxy) is 2. The molecule has 7 rings (SSSR count). The van der Waals surface area contributed by atoms with E-state index < -0.39 is 13.3 Å². The first-order chi connectivity index (χ1) is 15.9. The van der Waals surface area contributed by atoms with Gasteiger partial charge in [-0.1, -0.05) is 0 Å². The van der Waals surface area contributed by atoms with E-state index in [1.807, 2.05) is 0 Å². The Hall–Kier alpha value is -3.18. The van der Waals surface area contributed by atoms with Gasteiger partial charge in [0.2, 0.25) is 0 Å². The van der Waals surface area contributed by atoms with Crippen LogP contribution in [0.5, 0.6) is 23.0 Å². The average molecular weight is 492 g/mol. The second kappa shape index (κ2) is 6.23. The molecule has 33 heavy (non-hydrogen) atoms.